The molecule has 0 radical (unpaired) electrons. The highest BCUT2D eigenvalue weighted by Gasteiger charge is 2.19. The van der Waals surface area contributed by atoms with Crippen LogP contribution in [-0.2, 0) is 19.1 Å². The van der Waals surface area contributed by atoms with Gasteiger partial charge in [-0.25, -0.2) is 4.79 Å². The highest BCUT2D eigenvalue weighted by atomic mass is 16.5. The largest absolute Gasteiger partial charge is 0.480 e. The molecule has 62 heavy (non-hydrogen) atoms. The molecule has 0 aliphatic rings. The predicted octanol–water partition coefficient (Wildman–Crippen LogP) is 15.0. The van der Waals surface area contributed by atoms with Gasteiger partial charge in [0.15, 0.2) is 0 Å². The van der Waals surface area contributed by atoms with Crippen LogP contribution in [0.2, 0.25) is 0 Å². The number of hydrogen-bond donors (Lipinski definition) is 3. The molecule has 352 valence electrons. The van der Waals surface area contributed by atoms with Crippen LogP contribution in [0.5, 0.6) is 0 Å². The molecule has 0 aromatic rings. The third kappa shape index (κ3) is 44.3. The number of esters is 1. The van der Waals surface area contributed by atoms with Crippen LogP contribution in [0.15, 0.2) is 97.2 Å². The van der Waals surface area contributed by atoms with Crippen molar-refractivity contribution in [2.24, 2.45) is 5.73 Å². The maximum atomic E-state index is 12.9. The third-order valence-corrected chi connectivity index (χ3v) is 10.6. The van der Waals surface area contributed by atoms with E-state index in [9.17, 15) is 19.5 Å². The number of carboxylic acid groups (broad SMARTS) is 1. The first kappa shape index (κ1) is 58.3. The van der Waals surface area contributed by atoms with Gasteiger partial charge in [0.2, 0.25) is 5.91 Å². The molecule has 0 aromatic carbocycles. The molecule has 0 aliphatic heterocycles. The van der Waals surface area contributed by atoms with Gasteiger partial charge in [0.05, 0.1) is 0 Å². The first-order valence-electron chi connectivity index (χ1n) is 25.1. The maximum absolute atomic E-state index is 12.9. The molecule has 7 nitrogen and oxygen atoms in total. The quantitative estimate of drug-likeness (QED) is 0.0319. The molecule has 0 aliphatic carbocycles. The van der Waals surface area contributed by atoms with Crippen LogP contribution < -0.4 is 11.1 Å². The first-order valence-corrected chi connectivity index (χ1v) is 25.1. The average molecular weight is 861 g/mol. The van der Waals surface area contributed by atoms with E-state index in [0.29, 0.717) is 32.2 Å². The van der Waals surface area contributed by atoms with Crippen LogP contribution in [0, 0.1) is 0 Å². The van der Waals surface area contributed by atoms with Gasteiger partial charge in [-0.1, -0.05) is 162 Å². The molecule has 0 spiro atoms. The van der Waals surface area contributed by atoms with E-state index in [0.717, 1.165) is 135 Å². The molecular weight excluding hydrogens is 769 g/mol. The Morgan fingerprint density at radius 2 is 0.887 bits per heavy atom. The molecular formula is C55H92N2O5. The number of aliphatic carboxylic acids is 1. The van der Waals surface area contributed by atoms with E-state index in [1.807, 2.05) is 0 Å². The van der Waals surface area contributed by atoms with E-state index in [1.54, 1.807) is 0 Å². The standard InChI is InChI=1S/C55H92N2O5/c1-3-5-7-9-11-13-15-17-19-20-21-22-23-24-26-28-30-32-34-39-43-49-54(59)62-51(45-40-36-33-31-29-27-25-18-16-14-12-10-8-6-4-2)46-41-37-35-38-42-48-53(58)57-52(55(60)61)47-44-50-56/h5,7,11,13,16-19,21-22,24,26-27,29-30,32,51-52H,3-4,6,8-10,12,14-15,20,23,25,28,31,33-50,56H2,1-2H3,(H,57,58)(H,60,61)/b7-5-,13-11-,18-16-,19-17-,22-21-,26-24-,29-27-,32-30-. The summed E-state index contributed by atoms with van der Waals surface area (Å²) in [6, 6.07) is -0.869. The molecule has 2 unspecified atom stereocenters. The predicted molar refractivity (Wildman–Crippen MR) is 266 cm³/mol. The topological polar surface area (TPSA) is 119 Å². The zero-order valence-electron chi connectivity index (χ0n) is 39.7. The van der Waals surface area contributed by atoms with Gasteiger partial charge < -0.3 is 20.9 Å². The van der Waals surface area contributed by atoms with Crippen LogP contribution >= 0.6 is 0 Å². The Morgan fingerprint density at radius 3 is 1.37 bits per heavy atom. The summed E-state index contributed by atoms with van der Waals surface area (Å²) in [5, 5.41) is 12.0. The number of allylic oxidation sites excluding steroid dienone is 16. The third-order valence-electron chi connectivity index (χ3n) is 10.6. The Bertz CT molecular complexity index is 1290. The first-order chi connectivity index (χ1) is 30.4. The highest BCUT2D eigenvalue weighted by Crippen LogP contribution is 2.18. The monoisotopic (exact) mass is 861 g/mol. The molecule has 0 bridgehead atoms. The Hall–Kier alpha value is -3.71. The molecule has 0 heterocycles. The van der Waals surface area contributed by atoms with E-state index >= 15 is 0 Å². The highest BCUT2D eigenvalue weighted by molar-refractivity contribution is 5.83. The maximum Gasteiger partial charge on any atom is 0.326 e. The average Bonchev–Trinajstić information content (AvgIpc) is 3.26. The number of nitrogens with one attached hydrogen (secondary N) is 1. The molecule has 1 amide bonds. The zero-order chi connectivity index (χ0) is 45.2. The van der Waals surface area contributed by atoms with Crippen molar-refractivity contribution >= 4 is 17.8 Å². The minimum atomic E-state index is -1.01. The Kier molecular flexibility index (Phi) is 45.4. The Labute approximate surface area is 380 Å². The number of hydrogen-bond acceptors (Lipinski definition) is 5. The van der Waals surface area contributed by atoms with Crippen molar-refractivity contribution in [2.75, 3.05) is 6.54 Å². The molecule has 0 aromatic heterocycles. The summed E-state index contributed by atoms with van der Waals surface area (Å²) in [5.74, 6) is -1.30. The molecule has 0 saturated heterocycles. The number of carboxylic acids is 1. The van der Waals surface area contributed by atoms with Crippen molar-refractivity contribution in [1.82, 2.24) is 5.32 Å². The van der Waals surface area contributed by atoms with E-state index in [4.69, 9.17) is 10.5 Å². The lowest BCUT2D eigenvalue weighted by Gasteiger charge is -2.18. The van der Waals surface area contributed by atoms with E-state index in [1.165, 1.54) is 38.5 Å². The summed E-state index contributed by atoms with van der Waals surface area (Å²) in [7, 11) is 0. The zero-order valence-corrected chi connectivity index (χ0v) is 39.7. The van der Waals surface area contributed by atoms with Gasteiger partial charge >= 0.3 is 11.9 Å². The van der Waals surface area contributed by atoms with Crippen molar-refractivity contribution in [2.45, 2.75) is 225 Å². The minimum Gasteiger partial charge on any atom is -0.480 e. The molecule has 0 fully saturated rings. The molecule has 2 atom stereocenters. The SMILES string of the molecule is CC/C=C\C/C=C\C/C=C\C/C=C\C/C=C\C/C=C\CCCCC(=O)OC(CCCCC/C=C\C/C=C\CCCCCCC)CCCCCCCC(=O)NC(CCCN)C(=O)O. The van der Waals surface area contributed by atoms with Gasteiger partial charge in [-0.3, -0.25) is 9.59 Å². The van der Waals surface area contributed by atoms with Crippen molar-refractivity contribution in [3.05, 3.63) is 97.2 Å². The molecule has 4 N–H and O–H groups in total. The second kappa shape index (κ2) is 48.3. The Morgan fingerprint density at radius 1 is 0.484 bits per heavy atom. The van der Waals surface area contributed by atoms with Crippen LogP contribution in [0.4, 0.5) is 0 Å². The minimum absolute atomic E-state index is 0.0410. The fourth-order valence-corrected chi connectivity index (χ4v) is 6.90. The van der Waals surface area contributed by atoms with E-state index in [2.05, 4.69) is 116 Å². The summed E-state index contributed by atoms with van der Waals surface area (Å²) >= 11 is 0. The second-order valence-electron chi connectivity index (χ2n) is 16.5. The lowest BCUT2D eigenvalue weighted by atomic mass is 10.0. The van der Waals surface area contributed by atoms with Gasteiger partial charge in [0.25, 0.3) is 0 Å². The molecule has 7 heteroatoms. The molecule has 0 rings (SSSR count). The smallest absolute Gasteiger partial charge is 0.326 e. The number of carbonyl (C=O) groups excluding carboxylic acids is 2. The van der Waals surface area contributed by atoms with E-state index in [-0.39, 0.29) is 18.0 Å². The van der Waals surface area contributed by atoms with Crippen LogP contribution in [0.25, 0.3) is 0 Å². The van der Waals surface area contributed by atoms with Gasteiger partial charge in [-0.2, -0.15) is 0 Å². The number of unbranched alkanes of at least 4 members (excludes halogenated alkanes) is 14. The van der Waals surface area contributed by atoms with Crippen LogP contribution in [-0.4, -0.2) is 41.6 Å². The lowest BCUT2D eigenvalue weighted by molar-refractivity contribution is -0.150. The normalized spacial score (nSPS) is 13.5. The number of nitrogens with two attached hydrogens (primary N) is 1. The van der Waals surface area contributed by atoms with Crippen LogP contribution in [0.1, 0.15) is 213 Å². The fraction of sp³-hybridized carbons (Fsp3) is 0.655. The summed E-state index contributed by atoms with van der Waals surface area (Å²) in [5.41, 5.74) is 5.50. The van der Waals surface area contributed by atoms with Crippen molar-refractivity contribution in [1.29, 1.82) is 0 Å². The van der Waals surface area contributed by atoms with E-state index < -0.39 is 12.0 Å². The summed E-state index contributed by atoms with van der Waals surface area (Å²) < 4.78 is 6.05. The van der Waals surface area contributed by atoms with Gasteiger partial charge in [0, 0.05) is 12.8 Å². The lowest BCUT2D eigenvalue weighted by Crippen LogP contribution is -2.40. The van der Waals surface area contributed by atoms with Gasteiger partial charge in [-0.05, 0) is 141 Å². The van der Waals surface area contributed by atoms with Crippen molar-refractivity contribution in [3.8, 4) is 0 Å². The number of ether oxygens (including phenoxy) is 1. The van der Waals surface area contributed by atoms with Crippen molar-refractivity contribution < 1.29 is 24.2 Å². The number of rotatable bonds is 44. The molecule has 0 saturated carbocycles. The summed E-state index contributed by atoms with van der Waals surface area (Å²) in [4.78, 5) is 36.5. The second-order valence-corrected chi connectivity index (χ2v) is 16.5. The summed E-state index contributed by atoms with van der Waals surface area (Å²) in [6.07, 6.45) is 66.0. The number of amides is 1. The van der Waals surface area contributed by atoms with Crippen molar-refractivity contribution in [3.63, 3.8) is 0 Å². The summed E-state index contributed by atoms with van der Waals surface area (Å²) in [6.45, 7) is 4.82. The van der Waals surface area contributed by atoms with Crippen LogP contribution in [0.3, 0.4) is 0 Å². The van der Waals surface area contributed by atoms with Gasteiger partial charge in [0.1, 0.15) is 12.1 Å². The van der Waals surface area contributed by atoms with Gasteiger partial charge in [-0.15, -0.1) is 0 Å². The number of carbonyl (C=O) groups is 3. The Balaban J connectivity index is 4.47. The fourth-order valence-electron chi connectivity index (χ4n) is 6.90.